The van der Waals surface area contributed by atoms with Crippen LogP contribution in [0, 0.1) is 17.9 Å². The second-order valence-corrected chi connectivity index (χ2v) is 15.2. The van der Waals surface area contributed by atoms with Crippen molar-refractivity contribution < 1.29 is 0 Å². The molecule has 0 N–H and O–H groups in total. The Labute approximate surface area is 345 Å². The van der Waals surface area contributed by atoms with Gasteiger partial charge in [-0.3, -0.25) is 4.98 Å². The van der Waals surface area contributed by atoms with Crippen molar-refractivity contribution in [3.05, 3.63) is 205 Å². The van der Waals surface area contributed by atoms with Gasteiger partial charge in [-0.1, -0.05) is 146 Å². The van der Waals surface area contributed by atoms with Gasteiger partial charge in [0.05, 0.1) is 51.1 Å². The first-order valence-corrected chi connectivity index (χ1v) is 20.0. The lowest BCUT2D eigenvalue weighted by atomic mass is 9.88. The highest BCUT2D eigenvalue weighted by Crippen LogP contribution is 2.53. The zero-order valence-corrected chi connectivity index (χ0v) is 32.1. The van der Waals surface area contributed by atoms with Crippen molar-refractivity contribution in [1.29, 1.82) is 5.26 Å². The van der Waals surface area contributed by atoms with E-state index >= 15 is 0 Å². The molecule has 60 heavy (non-hydrogen) atoms. The van der Waals surface area contributed by atoms with E-state index in [0.717, 1.165) is 104 Å². The molecule has 0 amide bonds. The Kier molecular flexibility index (Phi) is 7.29. The number of pyridine rings is 1. The van der Waals surface area contributed by atoms with Crippen molar-refractivity contribution in [3.8, 4) is 50.8 Å². The van der Waals surface area contributed by atoms with Gasteiger partial charge in [0.1, 0.15) is 6.07 Å². The van der Waals surface area contributed by atoms with Crippen LogP contribution >= 0.6 is 0 Å². The van der Waals surface area contributed by atoms with Gasteiger partial charge >= 0.3 is 0 Å². The van der Waals surface area contributed by atoms with Gasteiger partial charge in [-0.05, 0) is 64.0 Å². The van der Waals surface area contributed by atoms with E-state index in [2.05, 4.69) is 141 Å². The van der Waals surface area contributed by atoms with Crippen molar-refractivity contribution >= 4 is 71.0 Å². The first-order chi connectivity index (χ1) is 29.7. The number of hydrogen-bond donors (Lipinski definition) is 0. The average molecular weight is 762 g/mol. The molecule has 0 aliphatic carbocycles. The third kappa shape index (κ3) is 4.63. The topological polar surface area (TPSA) is 50.9 Å². The summed E-state index contributed by atoms with van der Waals surface area (Å²) in [4.78, 5) is 9.38. The zero-order chi connectivity index (χ0) is 39.9. The number of nitriles is 1. The second kappa shape index (κ2) is 13.0. The molecule has 276 valence electrons. The van der Waals surface area contributed by atoms with Crippen molar-refractivity contribution in [2.75, 3.05) is 0 Å². The molecule has 0 spiro atoms. The van der Waals surface area contributed by atoms with Crippen LogP contribution < -0.4 is 0 Å². The lowest BCUT2D eigenvalue weighted by Gasteiger charge is -2.25. The molecule has 0 bridgehead atoms. The van der Waals surface area contributed by atoms with E-state index in [9.17, 15) is 5.26 Å². The van der Waals surface area contributed by atoms with E-state index < -0.39 is 0 Å². The Morgan fingerprint density at radius 2 is 1.00 bits per heavy atom. The Morgan fingerprint density at radius 1 is 0.450 bits per heavy atom. The normalized spacial score (nSPS) is 11.6. The van der Waals surface area contributed by atoms with Crippen LogP contribution in [0.1, 0.15) is 5.56 Å². The molecule has 0 radical (unpaired) electrons. The van der Waals surface area contributed by atoms with E-state index in [4.69, 9.17) is 11.6 Å². The number of aromatic nitrogens is 3. The van der Waals surface area contributed by atoms with Gasteiger partial charge in [0.25, 0.3) is 0 Å². The molecule has 12 rings (SSSR count). The maximum atomic E-state index is 11.7. The first-order valence-electron chi connectivity index (χ1n) is 20.0. The minimum Gasteiger partial charge on any atom is -0.318 e. The Hall–Kier alpha value is -8.51. The van der Waals surface area contributed by atoms with E-state index in [1.165, 1.54) is 0 Å². The van der Waals surface area contributed by atoms with Crippen LogP contribution in [-0.2, 0) is 0 Å². The first kappa shape index (κ1) is 33.6. The highest BCUT2D eigenvalue weighted by molar-refractivity contribution is 6.34. The van der Waals surface area contributed by atoms with Gasteiger partial charge in [-0.15, -0.1) is 0 Å². The van der Waals surface area contributed by atoms with Crippen molar-refractivity contribution in [1.82, 2.24) is 14.1 Å². The van der Waals surface area contributed by atoms with Gasteiger partial charge in [-0.2, -0.15) is 5.26 Å². The summed E-state index contributed by atoms with van der Waals surface area (Å²) in [5.74, 6) is 0. The molecule has 0 saturated carbocycles. The standard InChI is InChI=1S/C55H31N5/c1-57-53-48(35-18-7-3-8-19-35)43(33-56)54(59-44-26-12-11-22-38(44)42-32-37(29-30-45(42)59)34-16-5-2-6-17-34)49(36-20-9-4-10-21-36)55(53)60-46-27-13-23-39-40-25-15-31-58-52(40)41-24-14-28-47(60)51(41)50(39)46/h2-32H. The van der Waals surface area contributed by atoms with Gasteiger partial charge in [0.2, 0.25) is 5.69 Å². The number of fused-ring (bicyclic) bond motifs is 6. The fraction of sp³-hybridized carbons (Fsp3) is 0. The van der Waals surface area contributed by atoms with Crippen molar-refractivity contribution in [3.63, 3.8) is 0 Å². The molecule has 3 heterocycles. The third-order valence-corrected chi connectivity index (χ3v) is 12.2. The molecule has 5 nitrogen and oxygen atoms in total. The maximum absolute atomic E-state index is 11.7. The van der Waals surface area contributed by atoms with Crippen molar-refractivity contribution in [2.45, 2.75) is 0 Å². The molecule has 5 heteroatoms. The quantitative estimate of drug-likeness (QED) is 0.130. The number of nitrogens with zero attached hydrogens (tertiary/aromatic N) is 5. The lowest BCUT2D eigenvalue weighted by Crippen LogP contribution is -2.08. The van der Waals surface area contributed by atoms with Crippen LogP contribution in [0.4, 0.5) is 5.69 Å². The largest absolute Gasteiger partial charge is 0.318 e. The number of benzene rings is 9. The van der Waals surface area contributed by atoms with Crippen LogP contribution in [0.15, 0.2) is 188 Å². The fourth-order valence-corrected chi connectivity index (χ4v) is 9.77. The Bertz CT molecular complexity index is 3680. The highest BCUT2D eigenvalue weighted by Gasteiger charge is 2.32. The molecule has 9 aromatic carbocycles. The lowest BCUT2D eigenvalue weighted by molar-refractivity contribution is 1.13. The van der Waals surface area contributed by atoms with E-state index in [0.29, 0.717) is 16.8 Å². The van der Waals surface area contributed by atoms with Crippen LogP contribution in [-0.4, -0.2) is 14.1 Å². The molecule has 0 aliphatic rings. The van der Waals surface area contributed by atoms with E-state index in [1.807, 2.05) is 66.9 Å². The number of para-hydroxylation sites is 1. The van der Waals surface area contributed by atoms with Gasteiger partial charge in [-0.25, -0.2) is 4.85 Å². The monoisotopic (exact) mass is 761 g/mol. The summed E-state index contributed by atoms with van der Waals surface area (Å²) >= 11 is 0. The van der Waals surface area contributed by atoms with Crippen LogP contribution in [0.5, 0.6) is 0 Å². The van der Waals surface area contributed by atoms with Crippen LogP contribution in [0.3, 0.4) is 0 Å². The smallest absolute Gasteiger partial charge is 0.220 e. The van der Waals surface area contributed by atoms with Crippen molar-refractivity contribution in [2.24, 2.45) is 0 Å². The van der Waals surface area contributed by atoms with Gasteiger partial charge in [0.15, 0.2) is 0 Å². The number of rotatable bonds is 5. The predicted octanol–water partition coefficient (Wildman–Crippen LogP) is 14.4. The maximum Gasteiger partial charge on any atom is 0.220 e. The summed E-state index contributed by atoms with van der Waals surface area (Å²) < 4.78 is 4.56. The summed E-state index contributed by atoms with van der Waals surface area (Å²) in [6.07, 6.45) is 1.86. The molecular weight excluding hydrogens is 731 g/mol. The Balaban J connectivity index is 1.34. The van der Waals surface area contributed by atoms with Gasteiger partial charge in [0, 0.05) is 49.6 Å². The predicted molar refractivity (Wildman–Crippen MR) is 246 cm³/mol. The van der Waals surface area contributed by atoms with Crippen LogP contribution in [0.25, 0.3) is 115 Å². The Morgan fingerprint density at radius 3 is 1.70 bits per heavy atom. The molecule has 0 aliphatic heterocycles. The number of hydrogen-bond acceptors (Lipinski definition) is 2. The molecule has 0 fully saturated rings. The van der Waals surface area contributed by atoms with Crippen LogP contribution in [0.2, 0.25) is 0 Å². The zero-order valence-electron chi connectivity index (χ0n) is 32.1. The molecule has 0 unspecified atom stereocenters. The summed E-state index contributed by atoms with van der Waals surface area (Å²) in [6, 6.07) is 65.5. The van der Waals surface area contributed by atoms with E-state index in [-0.39, 0.29) is 0 Å². The summed E-state index contributed by atoms with van der Waals surface area (Å²) in [5, 5.41) is 19.3. The highest BCUT2D eigenvalue weighted by atomic mass is 15.0. The second-order valence-electron chi connectivity index (χ2n) is 15.2. The summed E-state index contributed by atoms with van der Waals surface area (Å²) in [7, 11) is 0. The van der Waals surface area contributed by atoms with E-state index in [1.54, 1.807) is 0 Å². The summed E-state index contributed by atoms with van der Waals surface area (Å²) in [5.41, 5.74) is 12.5. The molecule has 3 aromatic heterocycles. The minimum atomic E-state index is 0.414. The fourth-order valence-electron chi connectivity index (χ4n) is 9.77. The molecule has 0 saturated heterocycles. The van der Waals surface area contributed by atoms with Gasteiger partial charge < -0.3 is 9.13 Å². The molecule has 12 aromatic rings. The summed E-state index contributed by atoms with van der Waals surface area (Å²) in [6.45, 7) is 9.12. The minimum absolute atomic E-state index is 0.414. The molecule has 0 atom stereocenters. The average Bonchev–Trinajstić information content (AvgIpc) is 3.84. The third-order valence-electron chi connectivity index (χ3n) is 12.2. The molecular formula is C55H31N5. The SMILES string of the molecule is [C-]#[N+]c1c(-c2ccccc2)c(C#N)c(-n2c3ccccc3c3cc(-c4ccccc4)ccc32)c(-c2ccccc2)c1-n1c2cccc3c4cccnc4c4cccc1c4c32.